The Balaban J connectivity index is 1.57. The van der Waals surface area contributed by atoms with E-state index in [9.17, 15) is 19.5 Å². The van der Waals surface area contributed by atoms with Crippen LogP contribution in [0.4, 0.5) is 4.79 Å². The number of hydrogen-bond donors (Lipinski definition) is 4. The molecule has 0 fully saturated rings. The number of nitrogens with one attached hydrogen (secondary N) is 2. The van der Waals surface area contributed by atoms with Crippen molar-refractivity contribution in [3.63, 3.8) is 0 Å². The number of alkyl carbamates (subject to hydrolysis) is 1. The van der Waals surface area contributed by atoms with Crippen molar-refractivity contribution in [1.82, 2.24) is 10.6 Å². The molecule has 0 saturated heterocycles. The predicted molar refractivity (Wildman–Crippen MR) is 123 cm³/mol. The zero-order valence-corrected chi connectivity index (χ0v) is 18.6. The fraction of sp³-hybridized carbons (Fsp3) is 0.400. The largest absolute Gasteiger partial charge is 0.481 e. The highest BCUT2D eigenvalue weighted by atomic mass is 16.5. The number of ether oxygens (including phenoxy) is 1. The molecule has 176 valence electrons. The van der Waals surface area contributed by atoms with E-state index < -0.39 is 36.5 Å². The van der Waals surface area contributed by atoms with Gasteiger partial charge in [-0.2, -0.15) is 0 Å². The quantitative estimate of drug-likeness (QED) is 0.387. The molecule has 2 unspecified atom stereocenters. The van der Waals surface area contributed by atoms with Crippen LogP contribution in [-0.4, -0.2) is 53.5 Å². The van der Waals surface area contributed by atoms with Crippen molar-refractivity contribution < 1.29 is 29.3 Å². The van der Waals surface area contributed by atoms with Crippen molar-refractivity contribution in [3.8, 4) is 11.1 Å². The van der Waals surface area contributed by atoms with Gasteiger partial charge in [-0.25, -0.2) is 4.79 Å². The number of carbonyl (C=O) groups excluding carboxylic acids is 2. The third-order valence-corrected chi connectivity index (χ3v) is 5.82. The van der Waals surface area contributed by atoms with E-state index >= 15 is 0 Å². The number of fused-ring (bicyclic) bond motifs is 3. The van der Waals surface area contributed by atoms with Gasteiger partial charge in [-0.15, -0.1) is 0 Å². The first kappa shape index (κ1) is 24.3. The molecule has 0 spiro atoms. The highest BCUT2D eigenvalue weighted by Crippen LogP contribution is 2.44. The van der Waals surface area contributed by atoms with Crippen LogP contribution in [0.2, 0.25) is 0 Å². The molecular formula is C25H30N2O6. The lowest BCUT2D eigenvalue weighted by molar-refractivity contribution is -0.139. The highest BCUT2D eigenvalue weighted by molar-refractivity contribution is 5.89. The molecule has 2 aromatic carbocycles. The molecule has 0 aliphatic heterocycles. The summed E-state index contributed by atoms with van der Waals surface area (Å²) in [5.41, 5.74) is 4.30. The number of carbonyl (C=O) groups is 3. The summed E-state index contributed by atoms with van der Waals surface area (Å²) in [6, 6.07) is 14.6. The zero-order valence-electron chi connectivity index (χ0n) is 18.6. The molecule has 2 amide bonds. The van der Waals surface area contributed by atoms with Crippen molar-refractivity contribution >= 4 is 18.0 Å². The minimum Gasteiger partial charge on any atom is -0.481 e. The lowest BCUT2D eigenvalue weighted by atomic mass is 9.98. The van der Waals surface area contributed by atoms with Gasteiger partial charge in [0.1, 0.15) is 12.6 Å². The van der Waals surface area contributed by atoms with Gasteiger partial charge >= 0.3 is 12.1 Å². The Kier molecular flexibility index (Phi) is 8.43. The van der Waals surface area contributed by atoms with Crippen LogP contribution < -0.4 is 10.6 Å². The Labute approximate surface area is 193 Å². The summed E-state index contributed by atoms with van der Waals surface area (Å²) >= 11 is 0. The molecule has 0 aromatic heterocycles. The van der Waals surface area contributed by atoms with Crippen molar-refractivity contribution in [2.24, 2.45) is 0 Å². The maximum absolute atomic E-state index is 12.4. The van der Waals surface area contributed by atoms with Gasteiger partial charge in [0, 0.05) is 12.5 Å². The smallest absolute Gasteiger partial charge is 0.407 e. The van der Waals surface area contributed by atoms with E-state index in [1.54, 1.807) is 0 Å². The normalized spacial score (nSPS) is 14.0. The molecule has 0 heterocycles. The number of rotatable bonds is 11. The van der Waals surface area contributed by atoms with E-state index in [0.29, 0.717) is 19.3 Å². The van der Waals surface area contributed by atoms with E-state index in [-0.39, 0.29) is 19.1 Å². The average Bonchev–Trinajstić information content (AvgIpc) is 3.13. The number of carboxylic acid groups (broad SMARTS) is 1. The van der Waals surface area contributed by atoms with E-state index in [0.717, 1.165) is 22.3 Å². The fourth-order valence-corrected chi connectivity index (χ4v) is 4.04. The molecule has 1 aliphatic rings. The van der Waals surface area contributed by atoms with E-state index in [1.165, 1.54) is 0 Å². The number of amides is 2. The third kappa shape index (κ3) is 6.32. The van der Waals surface area contributed by atoms with Crippen LogP contribution in [0.1, 0.15) is 49.7 Å². The van der Waals surface area contributed by atoms with E-state index in [2.05, 4.69) is 10.6 Å². The minimum absolute atomic E-state index is 0.0657. The number of aliphatic hydroxyl groups excluding tert-OH is 1. The summed E-state index contributed by atoms with van der Waals surface area (Å²) in [6.45, 7) is 2.21. The van der Waals surface area contributed by atoms with Crippen molar-refractivity contribution in [1.29, 1.82) is 0 Å². The lowest BCUT2D eigenvalue weighted by Gasteiger charge is -2.19. The van der Waals surface area contributed by atoms with Gasteiger partial charge in [-0.05, 0) is 41.5 Å². The molecule has 8 nitrogen and oxygen atoms in total. The first-order valence-corrected chi connectivity index (χ1v) is 11.2. The third-order valence-electron chi connectivity index (χ3n) is 5.82. The number of aliphatic carboxylic acids is 1. The summed E-state index contributed by atoms with van der Waals surface area (Å²) in [5, 5.41) is 23.7. The molecule has 2 atom stereocenters. The van der Waals surface area contributed by atoms with Crippen LogP contribution in [0.5, 0.6) is 0 Å². The van der Waals surface area contributed by atoms with Crippen molar-refractivity contribution in [2.75, 3.05) is 13.2 Å². The van der Waals surface area contributed by atoms with Crippen LogP contribution in [0.15, 0.2) is 48.5 Å². The molecule has 1 aliphatic carbocycles. The Hall–Kier alpha value is -3.39. The monoisotopic (exact) mass is 454 g/mol. The highest BCUT2D eigenvalue weighted by Gasteiger charge is 2.30. The number of benzene rings is 2. The van der Waals surface area contributed by atoms with Crippen molar-refractivity contribution in [2.45, 2.75) is 50.7 Å². The second-order valence-corrected chi connectivity index (χ2v) is 8.12. The van der Waals surface area contributed by atoms with Gasteiger partial charge in [-0.3, -0.25) is 9.59 Å². The lowest BCUT2D eigenvalue weighted by Crippen LogP contribution is -2.48. The summed E-state index contributed by atoms with van der Waals surface area (Å²) in [4.78, 5) is 36.0. The summed E-state index contributed by atoms with van der Waals surface area (Å²) in [7, 11) is 0. The van der Waals surface area contributed by atoms with Crippen LogP contribution >= 0.6 is 0 Å². The average molecular weight is 455 g/mol. The molecule has 2 aromatic rings. The number of hydrogen-bond acceptors (Lipinski definition) is 5. The van der Waals surface area contributed by atoms with Crippen molar-refractivity contribution in [3.05, 3.63) is 59.7 Å². The van der Waals surface area contributed by atoms with E-state index in [1.807, 2.05) is 55.5 Å². The molecule has 4 N–H and O–H groups in total. The molecular weight excluding hydrogens is 424 g/mol. The van der Waals surface area contributed by atoms with Gasteiger partial charge < -0.3 is 25.6 Å². The summed E-state index contributed by atoms with van der Waals surface area (Å²) in [6.07, 6.45) is -0.145. The second kappa shape index (κ2) is 11.5. The molecule has 0 bridgehead atoms. The maximum atomic E-state index is 12.4. The second-order valence-electron chi connectivity index (χ2n) is 8.12. The van der Waals surface area contributed by atoms with Crippen LogP contribution in [0, 0.1) is 0 Å². The number of carboxylic acids is 1. The number of aliphatic hydroxyl groups is 1. The topological polar surface area (TPSA) is 125 Å². The summed E-state index contributed by atoms with van der Waals surface area (Å²) in [5.74, 6) is -1.95. The molecule has 33 heavy (non-hydrogen) atoms. The minimum atomic E-state index is -1.26. The Morgan fingerprint density at radius 3 is 2.21 bits per heavy atom. The van der Waals surface area contributed by atoms with Gasteiger partial charge in [-0.1, -0.05) is 55.5 Å². The van der Waals surface area contributed by atoms with Gasteiger partial charge in [0.25, 0.3) is 0 Å². The van der Waals surface area contributed by atoms with E-state index in [4.69, 9.17) is 9.84 Å². The first-order valence-electron chi connectivity index (χ1n) is 11.2. The van der Waals surface area contributed by atoms with Gasteiger partial charge in [0.05, 0.1) is 12.5 Å². The zero-order chi connectivity index (χ0) is 23.8. The first-order chi connectivity index (χ1) is 15.9. The predicted octanol–water partition coefficient (Wildman–Crippen LogP) is 3.04. The SMILES string of the molecule is CCC(O)CCCNC(=O)C(CC(=O)O)NC(=O)OCC1c2ccccc2-c2ccccc21. The van der Waals surface area contributed by atoms with Gasteiger partial charge in [0.2, 0.25) is 5.91 Å². The Morgan fingerprint density at radius 2 is 1.64 bits per heavy atom. The molecule has 8 heteroatoms. The van der Waals surface area contributed by atoms with Crippen LogP contribution in [-0.2, 0) is 14.3 Å². The fourth-order valence-electron chi connectivity index (χ4n) is 4.04. The molecule has 0 saturated carbocycles. The van der Waals surface area contributed by atoms with Gasteiger partial charge in [0.15, 0.2) is 0 Å². The standard InChI is InChI=1S/C25H30N2O6/c1-2-16(28)8-7-13-26-24(31)22(14-23(29)30)27-25(32)33-15-21-19-11-5-3-9-17(19)18-10-4-6-12-20(18)21/h3-6,9-12,16,21-22,28H,2,7-8,13-15H2,1H3,(H,26,31)(H,27,32)(H,29,30). The van der Waals surface area contributed by atoms with Crippen LogP contribution in [0.3, 0.4) is 0 Å². The Morgan fingerprint density at radius 1 is 1.03 bits per heavy atom. The Bertz CT molecular complexity index is 947. The van der Waals surface area contributed by atoms with Crippen LogP contribution in [0.25, 0.3) is 11.1 Å². The maximum Gasteiger partial charge on any atom is 0.407 e. The summed E-state index contributed by atoms with van der Waals surface area (Å²) < 4.78 is 5.42. The molecule has 3 rings (SSSR count). The molecule has 0 radical (unpaired) electrons.